The largest absolute Gasteiger partial charge is 0.460 e. The van der Waals surface area contributed by atoms with Crippen molar-refractivity contribution in [3.05, 3.63) is 11.9 Å². The van der Waals surface area contributed by atoms with Crippen LogP contribution in [0.15, 0.2) is 11.9 Å². The van der Waals surface area contributed by atoms with Crippen molar-refractivity contribution in [2.24, 2.45) is 0 Å². The van der Waals surface area contributed by atoms with E-state index in [1.165, 1.54) is 0 Å². The smallest absolute Gasteiger partial charge is 0.205 e. The lowest BCUT2D eigenvalue weighted by molar-refractivity contribution is -0.391. The monoisotopic (exact) mass is 332 g/mol. The summed E-state index contributed by atoms with van der Waals surface area (Å²) in [6.45, 7) is 0. The van der Waals surface area contributed by atoms with E-state index in [9.17, 15) is 57.1 Å². The SMILES string of the molecule is F/C(=C\C(F)(F)F)C(F)(F)C(F)(F)C(F)(F)C(F)(F)F. The summed E-state index contributed by atoms with van der Waals surface area (Å²) >= 11 is 0. The lowest BCUT2D eigenvalue weighted by Gasteiger charge is -2.32. The third-order valence-corrected chi connectivity index (χ3v) is 1.74. The second-order valence-electron chi connectivity index (χ2n) is 3.25. The van der Waals surface area contributed by atoms with Crippen LogP contribution in [0.3, 0.4) is 0 Å². The van der Waals surface area contributed by atoms with Gasteiger partial charge in [-0.1, -0.05) is 0 Å². The first-order chi connectivity index (χ1) is 8.38. The Bertz CT molecular complexity index is 381. The second-order valence-corrected chi connectivity index (χ2v) is 3.25. The molecule has 20 heavy (non-hydrogen) atoms. The molecule has 0 saturated heterocycles. The van der Waals surface area contributed by atoms with Crippen LogP contribution in [0.5, 0.6) is 0 Å². The predicted octanol–water partition coefficient (Wildman–Crippen LogP) is 4.87. The standard InChI is InChI=1S/C7HF13/c8-2(1-3(9,10)11)4(12,13)5(14,15)6(16,17)7(18,19)20/h1H/b2-1-. The topological polar surface area (TPSA) is 0 Å². The highest BCUT2D eigenvalue weighted by molar-refractivity contribution is 5.16. The van der Waals surface area contributed by atoms with Crippen molar-refractivity contribution in [1.82, 2.24) is 0 Å². The van der Waals surface area contributed by atoms with Crippen molar-refractivity contribution in [3.8, 4) is 0 Å². The Labute approximate surface area is 100 Å². The number of halogens is 13. The Morgan fingerprint density at radius 3 is 1.20 bits per heavy atom. The van der Waals surface area contributed by atoms with Gasteiger partial charge in [-0.15, -0.1) is 0 Å². The first kappa shape index (κ1) is 18.8. The molecule has 0 aromatic rings. The fourth-order valence-corrected chi connectivity index (χ4v) is 0.759. The van der Waals surface area contributed by atoms with Crippen LogP contribution < -0.4 is 0 Å². The maximum absolute atomic E-state index is 12.5. The molecule has 0 N–H and O–H groups in total. The fourth-order valence-electron chi connectivity index (χ4n) is 0.759. The van der Waals surface area contributed by atoms with Gasteiger partial charge in [-0.25, -0.2) is 4.39 Å². The number of alkyl halides is 12. The summed E-state index contributed by atoms with van der Waals surface area (Å²) in [5.41, 5.74) is 0. The van der Waals surface area contributed by atoms with E-state index in [1.54, 1.807) is 0 Å². The van der Waals surface area contributed by atoms with Crippen LogP contribution in [0.1, 0.15) is 0 Å². The molecule has 0 bridgehead atoms. The molecule has 0 aliphatic heterocycles. The Morgan fingerprint density at radius 2 is 0.950 bits per heavy atom. The highest BCUT2D eigenvalue weighted by Crippen LogP contribution is 2.55. The van der Waals surface area contributed by atoms with Crippen LogP contribution >= 0.6 is 0 Å². The highest BCUT2D eigenvalue weighted by Gasteiger charge is 2.83. The van der Waals surface area contributed by atoms with Crippen molar-refractivity contribution < 1.29 is 57.1 Å². The van der Waals surface area contributed by atoms with E-state index in [-0.39, 0.29) is 0 Å². The Morgan fingerprint density at radius 1 is 0.600 bits per heavy atom. The molecule has 0 radical (unpaired) electrons. The number of hydrogen-bond donors (Lipinski definition) is 0. The van der Waals surface area contributed by atoms with E-state index in [0.717, 1.165) is 0 Å². The number of allylic oxidation sites excluding steroid dienone is 2. The summed E-state index contributed by atoms with van der Waals surface area (Å²) in [7, 11) is 0. The first-order valence-electron chi connectivity index (χ1n) is 4.03. The van der Waals surface area contributed by atoms with Crippen LogP contribution in [0, 0.1) is 0 Å². The lowest BCUT2D eigenvalue weighted by Crippen LogP contribution is -2.61. The molecular weight excluding hydrogens is 331 g/mol. The first-order valence-corrected chi connectivity index (χ1v) is 4.03. The number of rotatable bonds is 3. The summed E-state index contributed by atoms with van der Waals surface area (Å²) in [4.78, 5) is 0. The minimum Gasteiger partial charge on any atom is -0.205 e. The van der Waals surface area contributed by atoms with Gasteiger partial charge in [0.1, 0.15) is 0 Å². The molecule has 0 rings (SSSR count). The normalized spacial score (nSPS) is 16.6. The average molecular weight is 332 g/mol. The van der Waals surface area contributed by atoms with E-state index >= 15 is 0 Å². The molecule has 0 aliphatic carbocycles. The third-order valence-electron chi connectivity index (χ3n) is 1.74. The summed E-state index contributed by atoms with van der Waals surface area (Å²) < 4.78 is 155. The fraction of sp³-hybridized carbons (Fsp3) is 0.714. The second kappa shape index (κ2) is 4.69. The zero-order chi connectivity index (χ0) is 16.8. The van der Waals surface area contributed by atoms with Crippen LogP contribution in [-0.4, -0.2) is 30.1 Å². The van der Waals surface area contributed by atoms with Gasteiger partial charge in [-0.2, -0.15) is 52.7 Å². The van der Waals surface area contributed by atoms with Crippen molar-refractivity contribution in [1.29, 1.82) is 0 Å². The van der Waals surface area contributed by atoms with Gasteiger partial charge in [0.2, 0.25) is 0 Å². The van der Waals surface area contributed by atoms with Gasteiger partial charge >= 0.3 is 30.1 Å². The zero-order valence-corrected chi connectivity index (χ0v) is 8.49. The molecule has 0 amide bonds. The molecule has 0 atom stereocenters. The molecule has 120 valence electrons. The molecule has 0 heterocycles. The lowest BCUT2D eigenvalue weighted by atomic mass is 10.0. The molecule has 0 saturated carbocycles. The molecule has 0 aromatic heterocycles. The predicted molar refractivity (Wildman–Crippen MR) is 36.1 cm³/mol. The van der Waals surface area contributed by atoms with Crippen LogP contribution in [0.25, 0.3) is 0 Å². The minimum atomic E-state index is -7.47. The van der Waals surface area contributed by atoms with Crippen LogP contribution in [-0.2, 0) is 0 Å². The van der Waals surface area contributed by atoms with E-state index in [4.69, 9.17) is 0 Å². The van der Waals surface area contributed by atoms with E-state index in [0.29, 0.717) is 0 Å². The van der Waals surface area contributed by atoms with Crippen molar-refractivity contribution in [3.63, 3.8) is 0 Å². The summed E-state index contributed by atoms with van der Waals surface area (Å²) in [6, 6.07) is 0. The Hall–Kier alpha value is -1.17. The molecule has 0 unspecified atom stereocenters. The molecule has 13 heteroatoms. The van der Waals surface area contributed by atoms with Gasteiger partial charge in [0, 0.05) is 0 Å². The third kappa shape index (κ3) is 3.11. The van der Waals surface area contributed by atoms with E-state index < -0.39 is 42.0 Å². The van der Waals surface area contributed by atoms with Crippen molar-refractivity contribution in [2.75, 3.05) is 0 Å². The molecule has 0 aromatic carbocycles. The minimum absolute atomic E-state index is 2.15. The quantitative estimate of drug-likeness (QED) is 0.647. The molecule has 0 spiro atoms. The van der Waals surface area contributed by atoms with Crippen molar-refractivity contribution >= 4 is 0 Å². The number of hydrogen-bond acceptors (Lipinski definition) is 0. The molecule has 0 fully saturated rings. The Balaban J connectivity index is 5.89. The van der Waals surface area contributed by atoms with E-state index in [2.05, 4.69) is 0 Å². The van der Waals surface area contributed by atoms with Crippen LogP contribution in [0.2, 0.25) is 0 Å². The average Bonchev–Trinajstić information content (AvgIpc) is 2.12. The highest BCUT2D eigenvalue weighted by atomic mass is 19.4. The molecule has 0 nitrogen and oxygen atoms in total. The van der Waals surface area contributed by atoms with Gasteiger partial charge in [0.15, 0.2) is 5.83 Å². The van der Waals surface area contributed by atoms with Gasteiger partial charge < -0.3 is 0 Å². The molecular formula is C7HF13. The van der Waals surface area contributed by atoms with Crippen LogP contribution in [0.4, 0.5) is 57.1 Å². The van der Waals surface area contributed by atoms with Crippen molar-refractivity contribution in [2.45, 2.75) is 30.1 Å². The maximum Gasteiger partial charge on any atom is 0.460 e. The van der Waals surface area contributed by atoms with Gasteiger partial charge in [0.05, 0.1) is 6.08 Å². The Kier molecular flexibility index (Phi) is 4.41. The van der Waals surface area contributed by atoms with Gasteiger partial charge in [-0.05, 0) is 0 Å². The molecule has 0 aliphatic rings. The van der Waals surface area contributed by atoms with Gasteiger partial charge in [-0.3, -0.25) is 0 Å². The summed E-state index contributed by atoms with van der Waals surface area (Å²) in [6.07, 6.45) is -15.4. The zero-order valence-electron chi connectivity index (χ0n) is 8.49. The van der Waals surface area contributed by atoms with E-state index in [1.807, 2.05) is 0 Å². The maximum atomic E-state index is 12.5. The van der Waals surface area contributed by atoms with Gasteiger partial charge in [0.25, 0.3) is 0 Å². The summed E-state index contributed by atoms with van der Waals surface area (Å²) in [5, 5.41) is 0. The summed E-state index contributed by atoms with van der Waals surface area (Å²) in [5.74, 6) is -26.1.